The second kappa shape index (κ2) is 6.64. The first-order valence-electron chi connectivity index (χ1n) is 7.51. The smallest absolute Gasteiger partial charge is 0.155 e. The van der Waals surface area contributed by atoms with Gasteiger partial charge in [0.2, 0.25) is 0 Å². The summed E-state index contributed by atoms with van der Waals surface area (Å²) in [5.41, 5.74) is 1.01. The zero-order chi connectivity index (χ0) is 14.7. The Kier molecular flexibility index (Phi) is 4.63. The number of nitrogens with zero attached hydrogens (tertiary/aromatic N) is 3. The second-order valence-corrected chi connectivity index (χ2v) is 6.12. The number of nitrogens with one attached hydrogen (secondary N) is 2. The van der Waals surface area contributed by atoms with Crippen molar-refractivity contribution in [1.82, 2.24) is 20.0 Å². The van der Waals surface area contributed by atoms with Crippen molar-refractivity contribution < 1.29 is 0 Å². The number of H-pyrrole nitrogens is 1. The molecule has 0 aliphatic carbocycles. The molecule has 21 heavy (non-hydrogen) atoms. The fourth-order valence-electron chi connectivity index (χ4n) is 2.70. The molecule has 3 rings (SSSR count). The molecule has 0 bridgehead atoms. The summed E-state index contributed by atoms with van der Waals surface area (Å²) in [6.45, 7) is 6.78. The molecule has 1 aliphatic heterocycles. The molecule has 0 atom stereocenters. The van der Waals surface area contributed by atoms with Gasteiger partial charge < -0.3 is 15.1 Å². The van der Waals surface area contributed by atoms with Crippen LogP contribution >= 0.6 is 11.6 Å². The highest BCUT2D eigenvalue weighted by Gasteiger charge is 2.13. The number of aromatic amines is 1. The Labute approximate surface area is 130 Å². The fourth-order valence-corrected chi connectivity index (χ4v) is 2.87. The molecule has 0 unspecified atom stereocenters. The maximum absolute atomic E-state index is 6.04. The molecular weight excluding hydrogens is 286 g/mol. The minimum atomic E-state index is 0.740. The van der Waals surface area contributed by atoms with E-state index in [9.17, 15) is 0 Å². The van der Waals surface area contributed by atoms with Crippen molar-refractivity contribution in [3.8, 4) is 0 Å². The number of aromatic nitrogens is 2. The number of piperazine rings is 1. The molecule has 114 valence electrons. The Morgan fingerprint density at radius 2 is 2.10 bits per heavy atom. The van der Waals surface area contributed by atoms with Crippen LogP contribution in [0.4, 0.5) is 5.82 Å². The third kappa shape index (κ3) is 3.67. The summed E-state index contributed by atoms with van der Waals surface area (Å²) in [5.74, 6) is 0.894. The van der Waals surface area contributed by atoms with E-state index >= 15 is 0 Å². The first-order chi connectivity index (χ1) is 10.2. The van der Waals surface area contributed by atoms with Crippen molar-refractivity contribution in [2.75, 3.05) is 51.6 Å². The highest BCUT2D eigenvalue weighted by molar-refractivity contribution is 6.31. The third-order valence-corrected chi connectivity index (χ3v) is 4.30. The molecule has 2 heterocycles. The Bertz CT molecular complexity index is 589. The summed E-state index contributed by atoms with van der Waals surface area (Å²) in [4.78, 5) is 4.91. The topological polar surface area (TPSA) is 47.2 Å². The Morgan fingerprint density at radius 3 is 2.90 bits per heavy atom. The summed E-state index contributed by atoms with van der Waals surface area (Å²) in [5, 5.41) is 12.5. The first-order valence-corrected chi connectivity index (χ1v) is 7.88. The van der Waals surface area contributed by atoms with Crippen LogP contribution < -0.4 is 5.32 Å². The molecule has 0 amide bonds. The predicted octanol–water partition coefficient (Wildman–Crippen LogP) is 2.27. The number of fused-ring (bicyclic) bond motifs is 1. The van der Waals surface area contributed by atoms with Gasteiger partial charge in [-0.15, -0.1) is 0 Å². The van der Waals surface area contributed by atoms with Crippen LogP contribution in [0.5, 0.6) is 0 Å². The number of benzene rings is 1. The quantitative estimate of drug-likeness (QED) is 0.832. The summed E-state index contributed by atoms with van der Waals surface area (Å²) >= 11 is 6.04. The molecule has 6 heteroatoms. The largest absolute Gasteiger partial charge is 0.368 e. The number of likely N-dealkylation sites (N-methyl/N-ethyl adjacent to an activating group) is 1. The summed E-state index contributed by atoms with van der Waals surface area (Å²) in [6, 6.07) is 5.78. The van der Waals surface area contributed by atoms with E-state index in [1.807, 2.05) is 18.2 Å². The van der Waals surface area contributed by atoms with E-state index < -0.39 is 0 Å². The summed E-state index contributed by atoms with van der Waals surface area (Å²) in [7, 11) is 2.19. The van der Waals surface area contributed by atoms with E-state index in [1.165, 1.54) is 26.2 Å². The molecule has 2 N–H and O–H groups in total. The molecule has 1 aromatic carbocycles. The molecule has 0 saturated carbocycles. The Morgan fingerprint density at radius 1 is 1.29 bits per heavy atom. The van der Waals surface area contributed by atoms with Crippen molar-refractivity contribution in [1.29, 1.82) is 0 Å². The molecule has 1 aliphatic rings. The standard InChI is InChI=1S/C15H22ClN5/c1-20-7-9-21(10-8-20)6-2-5-17-15-13-11-12(16)3-4-14(13)18-19-15/h3-4,11H,2,5-10H2,1H3,(H2,17,18,19). The second-order valence-electron chi connectivity index (χ2n) is 5.69. The highest BCUT2D eigenvalue weighted by Crippen LogP contribution is 2.23. The lowest BCUT2D eigenvalue weighted by molar-refractivity contribution is 0.154. The molecule has 0 radical (unpaired) electrons. The molecule has 1 aromatic heterocycles. The Balaban J connectivity index is 1.47. The van der Waals surface area contributed by atoms with Gasteiger partial charge in [0.05, 0.1) is 5.52 Å². The Hall–Kier alpha value is -1.30. The van der Waals surface area contributed by atoms with Gasteiger partial charge in [-0.25, -0.2) is 0 Å². The van der Waals surface area contributed by atoms with Crippen molar-refractivity contribution in [3.05, 3.63) is 23.2 Å². The van der Waals surface area contributed by atoms with Gasteiger partial charge in [-0.05, 0) is 38.2 Å². The predicted molar refractivity (Wildman–Crippen MR) is 88.1 cm³/mol. The number of hydrogen-bond donors (Lipinski definition) is 2. The average Bonchev–Trinajstić information content (AvgIpc) is 2.88. The SMILES string of the molecule is CN1CCN(CCCNc2n[nH]c3ccc(Cl)cc23)CC1. The van der Waals surface area contributed by atoms with Crippen LogP contribution in [0.2, 0.25) is 5.02 Å². The van der Waals surface area contributed by atoms with Crippen molar-refractivity contribution in [3.63, 3.8) is 0 Å². The van der Waals surface area contributed by atoms with Crippen LogP contribution in [0.1, 0.15) is 6.42 Å². The van der Waals surface area contributed by atoms with Crippen LogP contribution in [-0.4, -0.2) is 66.3 Å². The third-order valence-electron chi connectivity index (χ3n) is 4.06. The van der Waals surface area contributed by atoms with Gasteiger partial charge in [0.1, 0.15) is 0 Å². The monoisotopic (exact) mass is 307 g/mol. The molecule has 5 nitrogen and oxygen atoms in total. The minimum Gasteiger partial charge on any atom is -0.368 e. The molecule has 2 aromatic rings. The molecule has 1 saturated heterocycles. The fraction of sp³-hybridized carbons (Fsp3) is 0.533. The van der Waals surface area contributed by atoms with E-state index in [2.05, 4.69) is 32.4 Å². The van der Waals surface area contributed by atoms with Gasteiger partial charge in [0.15, 0.2) is 5.82 Å². The molecule has 1 fully saturated rings. The van der Waals surface area contributed by atoms with Gasteiger partial charge in [-0.3, -0.25) is 5.10 Å². The van der Waals surface area contributed by atoms with Crippen LogP contribution in [-0.2, 0) is 0 Å². The summed E-state index contributed by atoms with van der Waals surface area (Å²) < 4.78 is 0. The van der Waals surface area contributed by atoms with Crippen LogP contribution in [0, 0.1) is 0 Å². The van der Waals surface area contributed by atoms with Crippen molar-refractivity contribution in [2.24, 2.45) is 0 Å². The van der Waals surface area contributed by atoms with Gasteiger partial charge in [0, 0.05) is 43.1 Å². The van der Waals surface area contributed by atoms with Crippen molar-refractivity contribution in [2.45, 2.75) is 6.42 Å². The number of halogens is 1. The normalized spacial score (nSPS) is 17.4. The molecular formula is C15H22ClN5. The maximum atomic E-state index is 6.04. The molecule has 0 spiro atoms. The number of anilines is 1. The van der Waals surface area contributed by atoms with Gasteiger partial charge in [0.25, 0.3) is 0 Å². The van der Waals surface area contributed by atoms with Gasteiger partial charge >= 0.3 is 0 Å². The van der Waals surface area contributed by atoms with Crippen molar-refractivity contribution >= 4 is 28.3 Å². The van der Waals surface area contributed by atoms with Gasteiger partial charge in [-0.1, -0.05) is 11.6 Å². The first kappa shape index (κ1) is 14.6. The highest BCUT2D eigenvalue weighted by atomic mass is 35.5. The lowest BCUT2D eigenvalue weighted by Gasteiger charge is -2.32. The lowest BCUT2D eigenvalue weighted by atomic mass is 10.2. The van der Waals surface area contributed by atoms with E-state index in [-0.39, 0.29) is 0 Å². The lowest BCUT2D eigenvalue weighted by Crippen LogP contribution is -2.44. The van der Waals surface area contributed by atoms with E-state index in [0.717, 1.165) is 41.3 Å². The maximum Gasteiger partial charge on any atom is 0.155 e. The number of hydrogen-bond acceptors (Lipinski definition) is 4. The van der Waals surface area contributed by atoms with E-state index in [4.69, 9.17) is 11.6 Å². The number of rotatable bonds is 5. The van der Waals surface area contributed by atoms with Gasteiger partial charge in [-0.2, -0.15) is 5.10 Å². The van der Waals surface area contributed by atoms with Crippen LogP contribution in [0.3, 0.4) is 0 Å². The zero-order valence-corrected chi connectivity index (χ0v) is 13.2. The zero-order valence-electron chi connectivity index (χ0n) is 12.4. The van der Waals surface area contributed by atoms with E-state index in [0.29, 0.717) is 0 Å². The summed E-state index contributed by atoms with van der Waals surface area (Å²) in [6.07, 6.45) is 1.12. The minimum absolute atomic E-state index is 0.740. The average molecular weight is 308 g/mol. The van der Waals surface area contributed by atoms with E-state index in [1.54, 1.807) is 0 Å². The van der Waals surface area contributed by atoms with Crippen LogP contribution in [0.15, 0.2) is 18.2 Å². The van der Waals surface area contributed by atoms with Crippen LogP contribution in [0.25, 0.3) is 10.9 Å².